The van der Waals surface area contributed by atoms with Crippen LogP contribution in [0.2, 0.25) is 0 Å². The van der Waals surface area contributed by atoms with E-state index in [1.807, 2.05) is 30.3 Å². The number of hydrogen-bond acceptors (Lipinski definition) is 5. The number of alkyl carbamates (subject to hydrolysis) is 1. The van der Waals surface area contributed by atoms with Crippen LogP contribution in [0.5, 0.6) is 0 Å². The van der Waals surface area contributed by atoms with E-state index in [0.29, 0.717) is 19.6 Å². The summed E-state index contributed by atoms with van der Waals surface area (Å²) < 4.78 is 30.1. The molecule has 1 fully saturated rings. The zero-order chi connectivity index (χ0) is 19.9. The third kappa shape index (κ3) is 7.56. The molecule has 2 rings (SSSR count). The summed E-state index contributed by atoms with van der Waals surface area (Å²) in [6, 6.07) is 8.57. The second-order valence-electron chi connectivity index (χ2n) is 6.84. The SMILES string of the molecule is C[C@H](NC(=O)OCc1ccccc1)C(=O)N1CCC[C@H](CNS(C)(=O)=O)C1. The van der Waals surface area contributed by atoms with Gasteiger partial charge in [0.25, 0.3) is 0 Å². The van der Waals surface area contributed by atoms with Crippen LogP contribution in [0, 0.1) is 5.92 Å². The summed E-state index contributed by atoms with van der Waals surface area (Å²) in [5.41, 5.74) is 0.865. The molecule has 1 aromatic rings. The summed E-state index contributed by atoms with van der Waals surface area (Å²) >= 11 is 0. The number of ether oxygens (including phenoxy) is 1. The Labute approximate surface area is 160 Å². The highest BCUT2D eigenvalue weighted by Gasteiger charge is 2.28. The molecule has 2 amide bonds. The highest BCUT2D eigenvalue weighted by Crippen LogP contribution is 2.17. The van der Waals surface area contributed by atoms with Crippen molar-refractivity contribution in [2.45, 2.75) is 32.4 Å². The summed E-state index contributed by atoms with van der Waals surface area (Å²) in [5, 5.41) is 2.55. The number of carbonyl (C=O) groups excluding carboxylic acids is 2. The van der Waals surface area contributed by atoms with Gasteiger partial charge in [-0.15, -0.1) is 0 Å². The Morgan fingerprint density at radius 2 is 2.00 bits per heavy atom. The Kier molecular flexibility index (Phi) is 7.61. The number of hydrogen-bond donors (Lipinski definition) is 2. The number of carbonyl (C=O) groups is 2. The summed E-state index contributed by atoms with van der Waals surface area (Å²) in [4.78, 5) is 26.1. The zero-order valence-electron chi connectivity index (χ0n) is 15.7. The molecule has 0 saturated carbocycles. The number of nitrogens with one attached hydrogen (secondary N) is 2. The van der Waals surface area contributed by atoms with Crippen molar-refractivity contribution in [1.82, 2.24) is 14.9 Å². The number of likely N-dealkylation sites (tertiary alicyclic amines) is 1. The first kappa shape index (κ1) is 21.2. The molecular formula is C18H27N3O5S. The zero-order valence-corrected chi connectivity index (χ0v) is 16.5. The molecule has 0 unspecified atom stereocenters. The molecule has 9 heteroatoms. The van der Waals surface area contributed by atoms with Gasteiger partial charge in [0.2, 0.25) is 15.9 Å². The second-order valence-corrected chi connectivity index (χ2v) is 8.67. The maximum absolute atomic E-state index is 12.6. The Hall–Kier alpha value is -2.13. The maximum atomic E-state index is 12.6. The van der Waals surface area contributed by atoms with Crippen molar-refractivity contribution in [2.24, 2.45) is 5.92 Å². The molecule has 0 spiro atoms. The largest absolute Gasteiger partial charge is 0.445 e. The third-order valence-corrected chi connectivity index (χ3v) is 5.07. The molecule has 2 N–H and O–H groups in total. The number of amides is 2. The third-order valence-electron chi connectivity index (χ3n) is 4.38. The van der Waals surface area contributed by atoms with Gasteiger partial charge in [-0.25, -0.2) is 17.9 Å². The molecule has 2 atom stereocenters. The molecule has 27 heavy (non-hydrogen) atoms. The lowest BCUT2D eigenvalue weighted by atomic mass is 9.98. The first-order valence-corrected chi connectivity index (χ1v) is 10.8. The smallest absolute Gasteiger partial charge is 0.408 e. The molecule has 1 aliphatic heterocycles. The lowest BCUT2D eigenvalue weighted by molar-refractivity contribution is -0.134. The number of sulfonamides is 1. The maximum Gasteiger partial charge on any atom is 0.408 e. The summed E-state index contributed by atoms with van der Waals surface area (Å²) in [6.07, 6.45) is 2.12. The Bertz CT molecular complexity index is 739. The normalized spacial score (nSPS) is 18.6. The Balaban J connectivity index is 1.78. The van der Waals surface area contributed by atoms with E-state index in [0.717, 1.165) is 24.7 Å². The van der Waals surface area contributed by atoms with Crippen molar-refractivity contribution in [3.63, 3.8) is 0 Å². The fraction of sp³-hybridized carbons (Fsp3) is 0.556. The van der Waals surface area contributed by atoms with Gasteiger partial charge in [0.1, 0.15) is 12.6 Å². The molecule has 0 radical (unpaired) electrons. The highest BCUT2D eigenvalue weighted by atomic mass is 32.2. The van der Waals surface area contributed by atoms with Crippen molar-refractivity contribution in [3.05, 3.63) is 35.9 Å². The fourth-order valence-electron chi connectivity index (χ4n) is 2.98. The molecule has 1 aromatic carbocycles. The van der Waals surface area contributed by atoms with Crippen molar-refractivity contribution in [2.75, 3.05) is 25.9 Å². The van der Waals surface area contributed by atoms with Crippen LogP contribution in [-0.4, -0.2) is 57.3 Å². The van der Waals surface area contributed by atoms with Gasteiger partial charge in [-0.05, 0) is 31.2 Å². The van der Waals surface area contributed by atoms with Crippen LogP contribution in [0.4, 0.5) is 4.79 Å². The molecule has 1 aliphatic rings. The van der Waals surface area contributed by atoms with Crippen molar-refractivity contribution >= 4 is 22.0 Å². The van der Waals surface area contributed by atoms with Crippen LogP contribution in [0.3, 0.4) is 0 Å². The van der Waals surface area contributed by atoms with Crippen LogP contribution in [0.25, 0.3) is 0 Å². The van der Waals surface area contributed by atoms with Gasteiger partial charge < -0.3 is 15.0 Å². The predicted molar refractivity (Wildman–Crippen MR) is 101 cm³/mol. The first-order valence-electron chi connectivity index (χ1n) is 8.95. The minimum absolute atomic E-state index is 0.0645. The minimum Gasteiger partial charge on any atom is -0.445 e. The van der Waals surface area contributed by atoms with E-state index in [-0.39, 0.29) is 18.4 Å². The quantitative estimate of drug-likeness (QED) is 0.717. The van der Waals surface area contributed by atoms with Gasteiger partial charge in [-0.2, -0.15) is 0 Å². The van der Waals surface area contributed by atoms with Crippen LogP contribution in [-0.2, 0) is 26.2 Å². The predicted octanol–water partition coefficient (Wildman–Crippen LogP) is 1.09. The van der Waals surface area contributed by atoms with Gasteiger partial charge in [-0.1, -0.05) is 30.3 Å². The summed E-state index contributed by atoms with van der Waals surface area (Å²) in [5.74, 6) is -0.134. The lowest BCUT2D eigenvalue weighted by Gasteiger charge is -2.34. The number of nitrogens with zero attached hydrogens (tertiary/aromatic N) is 1. The van der Waals surface area contributed by atoms with E-state index >= 15 is 0 Å². The van der Waals surface area contributed by atoms with Crippen molar-refractivity contribution < 1.29 is 22.7 Å². The molecule has 8 nitrogen and oxygen atoms in total. The highest BCUT2D eigenvalue weighted by molar-refractivity contribution is 7.88. The van der Waals surface area contributed by atoms with E-state index in [2.05, 4.69) is 10.0 Å². The Morgan fingerprint density at radius 3 is 2.67 bits per heavy atom. The van der Waals surface area contributed by atoms with E-state index in [1.165, 1.54) is 0 Å². The average molecular weight is 397 g/mol. The molecule has 0 aromatic heterocycles. The van der Waals surface area contributed by atoms with E-state index in [4.69, 9.17) is 4.74 Å². The van der Waals surface area contributed by atoms with Crippen LogP contribution in [0.15, 0.2) is 30.3 Å². The summed E-state index contributed by atoms with van der Waals surface area (Å²) in [6.45, 7) is 3.12. The van der Waals surface area contributed by atoms with Gasteiger partial charge in [0, 0.05) is 19.6 Å². The summed E-state index contributed by atoms with van der Waals surface area (Å²) in [7, 11) is -3.25. The monoisotopic (exact) mass is 397 g/mol. The van der Waals surface area contributed by atoms with E-state index in [9.17, 15) is 18.0 Å². The molecular weight excluding hydrogens is 370 g/mol. The van der Waals surface area contributed by atoms with Gasteiger partial charge in [-0.3, -0.25) is 4.79 Å². The number of piperidine rings is 1. The molecule has 0 bridgehead atoms. The minimum atomic E-state index is -3.25. The standard InChI is InChI=1S/C18H27N3O5S/c1-14(20-18(23)26-13-15-7-4-3-5-8-15)17(22)21-10-6-9-16(12-21)11-19-27(2,24)25/h3-5,7-8,14,16,19H,6,9-13H2,1-2H3,(H,20,23)/t14-,16+/m0/s1. The lowest BCUT2D eigenvalue weighted by Crippen LogP contribution is -2.51. The van der Waals surface area contributed by atoms with Gasteiger partial charge in [0.15, 0.2) is 0 Å². The average Bonchev–Trinajstić information content (AvgIpc) is 2.64. The topological polar surface area (TPSA) is 105 Å². The number of benzene rings is 1. The van der Waals surface area contributed by atoms with Crippen molar-refractivity contribution in [1.29, 1.82) is 0 Å². The van der Waals surface area contributed by atoms with Gasteiger partial charge in [0.05, 0.1) is 6.26 Å². The molecule has 1 heterocycles. The second kappa shape index (κ2) is 9.70. The van der Waals surface area contributed by atoms with Crippen LogP contribution >= 0.6 is 0 Å². The van der Waals surface area contributed by atoms with Crippen molar-refractivity contribution in [3.8, 4) is 0 Å². The van der Waals surface area contributed by atoms with E-state index in [1.54, 1.807) is 11.8 Å². The van der Waals surface area contributed by atoms with Crippen LogP contribution in [0.1, 0.15) is 25.3 Å². The fourth-order valence-corrected chi connectivity index (χ4v) is 3.52. The van der Waals surface area contributed by atoms with E-state index < -0.39 is 22.2 Å². The Morgan fingerprint density at radius 1 is 1.30 bits per heavy atom. The molecule has 1 saturated heterocycles. The molecule has 0 aliphatic carbocycles. The molecule has 150 valence electrons. The number of rotatable bonds is 7. The van der Waals surface area contributed by atoms with Gasteiger partial charge >= 0.3 is 6.09 Å². The first-order chi connectivity index (χ1) is 12.7. The van der Waals surface area contributed by atoms with Crippen LogP contribution < -0.4 is 10.0 Å².